The number of rotatable bonds is 3. The molecule has 0 saturated heterocycles. The van der Waals surface area contributed by atoms with E-state index < -0.39 is 18.8 Å². The molecular formula is C10H14FNOS. The van der Waals surface area contributed by atoms with Crippen LogP contribution in [-0.4, -0.2) is 28.8 Å². The topological polar surface area (TPSA) is 46.2 Å². The normalized spacial score (nSPS) is 21.3. The molecule has 0 fully saturated rings. The van der Waals surface area contributed by atoms with E-state index in [1.165, 1.54) is 0 Å². The second kappa shape index (κ2) is 4.77. The summed E-state index contributed by atoms with van der Waals surface area (Å²) in [7, 11) is 0. The van der Waals surface area contributed by atoms with Crippen LogP contribution in [0.2, 0.25) is 0 Å². The Bertz CT molecular complexity index is 298. The first-order valence-electron chi connectivity index (χ1n) is 4.46. The van der Waals surface area contributed by atoms with Crippen molar-refractivity contribution in [3.8, 4) is 0 Å². The fourth-order valence-electron chi connectivity index (χ4n) is 1.32. The number of halogens is 1. The van der Waals surface area contributed by atoms with Gasteiger partial charge in [0.05, 0.1) is 12.1 Å². The molecule has 78 valence electrons. The van der Waals surface area contributed by atoms with Gasteiger partial charge >= 0.3 is 0 Å². The van der Waals surface area contributed by atoms with Crippen LogP contribution in [-0.2, 0) is 0 Å². The van der Waals surface area contributed by atoms with Crippen molar-refractivity contribution in [1.82, 2.24) is 0 Å². The number of alkyl halides is 1. The van der Waals surface area contributed by atoms with E-state index in [-0.39, 0.29) is 0 Å². The highest BCUT2D eigenvalue weighted by Gasteiger charge is 2.23. The monoisotopic (exact) mass is 215 g/mol. The van der Waals surface area contributed by atoms with E-state index in [0.29, 0.717) is 16.9 Å². The zero-order valence-corrected chi connectivity index (χ0v) is 8.85. The molecule has 0 aromatic carbocycles. The molecule has 0 amide bonds. The molecular weight excluding hydrogens is 201 g/mol. The highest BCUT2D eigenvalue weighted by Crippen LogP contribution is 2.20. The first-order chi connectivity index (χ1) is 6.56. The third-order valence-corrected chi connectivity index (χ3v) is 2.59. The van der Waals surface area contributed by atoms with E-state index in [1.54, 1.807) is 6.08 Å². The van der Waals surface area contributed by atoms with Crippen molar-refractivity contribution in [2.45, 2.75) is 25.5 Å². The number of thiocarbonyl (C=S) groups is 1. The third kappa shape index (κ3) is 2.47. The summed E-state index contributed by atoms with van der Waals surface area (Å²) in [6.07, 6.45) is 3.26. The van der Waals surface area contributed by atoms with Gasteiger partial charge in [0.1, 0.15) is 6.67 Å². The SMILES string of the molecule is CC1=CC=C([C@@H](O)[C@H](N)CF)C(=S)C1. The van der Waals surface area contributed by atoms with Crippen molar-refractivity contribution in [3.05, 3.63) is 23.3 Å². The smallest absolute Gasteiger partial charge is 0.107 e. The molecule has 1 aliphatic rings. The van der Waals surface area contributed by atoms with Crippen molar-refractivity contribution < 1.29 is 9.50 Å². The summed E-state index contributed by atoms with van der Waals surface area (Å²) in [5, 5.41) is 9.65. The van der Waals surface area contributed by atoms with Gasteiger partial charge in [-0.05, 0) is 12.5 Å². The van der Waals surface area contributed by atoms with E-state index in [0.717, 1.165) is 5.57 Å². The number of aliphatic hydroxyl groups excluding tert-OH is 1. The zero-order chi connectivity index (χ0) is 10.7. The lowest BCUT2D eigenvalue weighted by Gasteiger charge is -2.22. The predicted octanol–water partition coefficient (Wildman–Crippen LogP) is 1.29. The third-order valence-electron chi connectivity index (χ3n) is 2.21. The van der Waals surface area contributed by atoms with Crippen LogP contribution < -0.4 is 5.73 Å². The molecule has 3 N–H and O–H groups in total. The molecule has 0 aromatic rings. The Morgan fingerprint density at radius 1 is 1.64 bits per heavy atom. The van der Waals surface area contributed by atoms with Crippen LogP contribution in [0.1, 0.15) is 13.3 Å². The maximum absolute atomic E-state index is 12.2. The van der Waals surface area contributed by atoms with Crippen LogP contribution in [0.4, 0.5) is 4.39 Å². The fourth-order valence-corrected chi connectivity index (χ4v) is 1.73. The number of hydrogen-bond acceptors (Lipinski definition) is 3. The number of hydrogen-bond donors (Lipinski definition) is 2. The maximum Gasteiger partial charge on any atom is 0.107 e. The van der Waals surface area contributed by atoms with Gasteiger partial charge in [0.15, 0.2) is 0 Å². The molecule has 1 aliphatic carbocycles. The molecule has 0 saturated carbocycles. The summed E-state index contributed by atoms with van der Waals surface area (Å²) in [4.78, 5) is 0.654. The van der Waals surface area contributed by atoms with Gasteiger partial charge in [-0.2, -0.15) is 0 Å². The molecule has 0 radical (unpaired) electrons. The van der Waals surface area contributed by atoms with Gasteiger partial charge in [-0.25, -0.2) is 4.39 Å². The van der Waals surface area contributed by atoms with Gasteiger partial charge in [0.25, 0.3) is 0 Å². The highest BCUT2D eigenvalue weighted by molar-refractivity contribution is 7.80. The first kappa shape index (κ1) is 11.5. The Hall–Kier alpha value is -0.580. The van der Waals surface area contributed by atoms with Crippen molar-refractivity contribution in [2.75, 3.05) is 6.67 Å². The van der Waals surface area contributed by atoms with Crippen LogP contribution in [0.25, 0.3) is 0 Å². The molecule has 14 heavy (non-hydrogen) atoms. The van der Waals surface area contributed by atoms with Crippen LogP contribution >= 0.6 is 12.2 Å². The average molecular weight is 215 g/mol. The molecule has 2 atom stereocenters. The maximum atomic E-state index is 12.2. The van der Waals surface area contributed by atoms with Gasteiger partial charge in [-0.15, -0.1) is 0 Å². The lowest BCUT2D eigenvalue weighted by Crippen LogP contribution is -2.39. The molecule has 0 heterocycles. The largest absolute Gasteiger partial charge is 0.387 e. The van der Waals surface area contributed by atoms with E-state index in [2.05, 4.69) is 0 Å². The summed E-state index contributed by atoms with van der Waals surface area (Å²) in [6, 6.07) is -0.883. The Balaban J connectivity index is 2.82. The second-order valence-corrected chi connectivity index (χ2v) is 3.99. The molecule has 1 rings (SSSR count). The Labute approximate surface area is 88.3 Å². The van der Waals surface area contributed by atoms with Gasteiger partial charge < -0.3 is 10.8 Å². The molecule has 0 aliphatic heterocycles. The standard InChI is InChI=1S/C10H14FNOS/c1-6-2-3-7(9(14)4-6)10(13)8(12)5-11/h2-3,8,10,13H,4-5,12H2,1H3/t8-,10-/m1/s1. The minimum Gasteiger partial charge on any atom is -0.387 e. The Kier molecular flexibility index (Phi) is 3.92. The van der Waals surface area contributed by atoms with Crippen molar-refractivity contribution >= 4 is 17.1 Å². The van der Waals surface area contributed by atoms with Crippen LogP contribution in [0, 0.1) is 0 Å². The molecule has 0 aromatic heterocycles. The molecule has 0 unspecified atom stereocenters. The van der Waals surface area contributed by atoms with Gasteiger partial charge in [-0.1, -0.05) is 29.9 Å². The number of aliphatic hydroxyl groups is 1. The van der Waals surface area contributed by atoms with Crippen molar-refractivity contribution in [1.29, 1.82) is 0 Å². The Morgan fingerprint density at radius 2 is 2.29 bits per heavy atom. The molecule has 4 heteroatoms. The van der Waals surface area contributed by atoms with Crippen LogP contribution in [0.5, 0.6) is 0 Å². The van der Waals surface area contributed by atoms with Crippen molar-refractivity contribution in [2.24, 2.45) is 5.73 Å². The minimum absolute atomic E-state index is 0.579. The highest BCUT2D eigenvalue weighted by atomic mass is 32.1. The summed E-state index contributed by atoms with van der Waals surface area (Å²) in [5.74, 6) is 0. The van der Waals surface area contributed by atoms with Crippen LogP contribution in [0.15, 0.2) is 23.3 Å². The second-order valence-electron chi connectivity index (χ2n) is 3.50. The molecule has 0 bridgehead atoms. The summed E-state index contributed by atoms with van der Waals surface area (Å²) in [5.41, 5.74) is 7.12. The molecule has 2 nitrogen and oxygen atoms in total. The minimum atomic E-state index is -0.989. The molecule has 0 spiro atoms. The average Bonchev–Trinajstić information content (AvgIpc) is 2.15. The van der Waals surface area contributed by atoms with E-state index >= 15 is 0 Å². The zero-order valence-electron chi connectivity index (χ0n) is 8.03. The number of nitrogens with two attached hydrogens (primary N) is 1. The van der Waals surface area contributed by atoms with Gasteiger partial charge in [0, 0.05) is 11.3 Å². The van der Waals surface area contributed by atoms with Crippen LogP contribution in [0.3, 0.4) is 0 Å². The van der Waals surface area contributed by atoms with Gasteiger partial charge in [-0.3, -0.25) is 0 Å². The summed E-state index contributed by atoms with van der Waals surface area (Å²) in [6.45, 7) is 1.21. The van der Waals surface area contributed by atoms with E-state index in [1.807, 2.05) is 13.0 Å². The Morgan fingerprint density at radius 3 is 2.79 bits per heavy atom. The summed E-state index contributed by atoms with van der Waals surface area (Å²) < 4.78 is 12.2. The fraction of sp³-hybridized carbons (Fsp3) is 0.500. The summed E-state index contributed by atoms with van der Waals surface area (Å²) >= 11 is 5.10. The lowest BCUT2D eigenvalue weighted by atomic mass is 9.92. The van der Waals surface area contributed by atoms with Crippen molar-refractivity contribution in [3.63, 3.8) is 0 Å². The number of allylic oxidation sites excluding steroid dienone is 3. The predicted molar refractivity (Wildman–Crippen MR) is 59.0 cm³/mol. The quantitative estimate of drug-likeness (QED) is 0.697. The van der Waals surface area contributed by atoms with E-state index in [4.69, 9.17) is 18.0 Å². The lowest BCUT2D eigenvalue weighted by molar-refractivity contribution is 0.168. The van der Waals surface area contributed by atoms with Gasteiger partial charge in [0.2, 0.25) is 0 Å². The van der Waals surface area contributed by atoms with E-state index in [9.17, 15) is 9.50 Å². The first-order valence-corrected chi connectivity index (χ1v) is 4.87.